The molecule has 5 heteroatoms. The van der Waals surface area contributed by atoms with Crippen molar-refractivity contribution >= 4 is 33.5 Å². The number of aromatic nitrogens is 2. The van der Waals surface area contributed by atoms with Crippen molar-refractivity contribution in [2.45, 2.75) is 26.7 Å². The van der Waals surface area contributed by atoms with Gasteiger partial charge in [-0.3, -0.25) is 9.48 Å². The second kappa shape index (κ2) is 6.02. The van der Waals surface area contributed by atoms with Crippen LogP contribution >= 0.6 is 0 Å². The van der Waals surface area contributed by atoms with Gasteiger partial charge in [0.15, 0.2) is 0 Å². The number of rotatable bonds is 3. The molecule has 0 aliphatic rings. The van der Waals surface area contributed by atoms with Crippen molar-refractivity contribution in [3.05, 3.63) is 59.4 Å². The Kier molecular flexibility index (Phi) is 3.80. The van der Waals surface area contributed by atoms with E-state index >= 15 is 0 Å². The van der Waals surface area contributed by atoms with Crippen molar-refractivity contribution in [3.8, 4) is 0 Å². The maximum atomic E-state index is 12.8. The Bertz CT molecular complexity index is 1140. The van der Waals surface area contributed by atoms with Gasteiger partial charge in [0.25, 0.3) is 0 Å². The van der Waals surface area contributed by atoms with E-state index in [-0.39, 0.29) is 11.8 Å². The summed E-state index contributed by atoms with van der Waals surface area (Å²) in [6.07, 6.45) is 0. The second-order valence-electron chi connectivity index (χ2n) is 6.73. The van der Waals surface area contributed by atoms with Gasteiger partial charge in [-0.25, -0.2) is 0 Å². The van der Waals surface area contributed by atoms with Crippen LogP contribution in [0.2, 0.25) is 0 Å². The summed E-state index contributed by atoms with van der Waals surface area (Å²) in [5.74, 6) is -0.338. The molecule has 0 aliphatic carbocycles. The number of nitrogens with one attached hydrogen (secondary N) is 1. The minimum Gasteiger partial charge on any atom is -0.456 e. The topological polar surface area (TPSA) is 60.1 Å². The summed E-state index contributed by atoms with van der Waals surface area (Å²) in [4.78, 5) is 12.8. The van der Waals surface area contributed by atoms with Gasteiger partial charge in [0.05, 0.1) is 11.6 Å². The van der Waals surface area contributed by atoms with Crippen LogP contribution in [0.3, 0.4) is 0 Å². The standard InChI is InChI=1S/C21H21N3O2/c1-12(20-13(2)23-24(4)14(20)3)21(25)22-15-9-10-17-16-7-5-6-8-18(16)26-19(17)11-15/h5-12H,1-4H3,(H,22,25)/t12-/m0/s1. The Morgan fingerprint density at radius 1 is 1.12 bits per heavy atom. The fourth-order valence-electron chi connectivity index (χ4n) is 3.60. The molecule has 0 bridgehead atoms. The summed E-state index contributed by atoms with van der Waals surface area (Å²) in [6, 6.07) is 13.7. The van der Waals surface area contributed by atoms with Crippen molar-refractivity contribution < 1.29 is 9.21 Å². The van der Waals surface area contributed by atoms with E-state index in [1.54, 1.807) is 0 Å². The Morgan fingerprint density at radius 3 is 2.58 bits per heavy atom. The van der Waals surface area contributed by atoms with Crippen LogP contribution < -0.4 is 5.32 Å². The SMILES string of the molecule is Cc1nn(C)c(C)c1[C@H](C)C(=O)Nc1ccc2c(c1)oc1ccccc12. The predicted octanol–water partition coefficient (Wildman–Crippen LogP) is 4.68. The fraction of sp³-hybridized carbons (Fsp3) is 0.238. The summed E-state index contributed by atoms with van der Waals surface area (Å²) in [7, 11) is 1.89. The number of hydrogen-bond acceptors (Lipinski definition) is 3. The minimum absolute atomic E-state index is 0.0559. The van der Waals surface area contributed by atoms with E-state index in [0.717, 1.165) is 44.6 Å². The molecule has 4 aromatic rings. The molecule has 0 spiro atoms. The molecule has 0 saturated carbocycles. The van der Waals surface area contributed by atoms with Crippen molar-refractivity contribution in [3.63, 3.8) is 0 Å². The number of hydrogen-bond donors (Lipinski definition) is 1. The third kappa shape index (κ3) is 2.56. The van der Waals surface area contributed by atoms with Gasteiger partial charge in [0.1, 0.15) is 11.2 Å². The monoisotopic (exact) mass is 347 g/mol. The Morgan fingerprint density at radius 2 is 1.85 bits per heavy atom. The minimum atomic E-state index is -0.282. The molecule has 0 fully saturated rings. The zero-order chi connectivity index (χ0) is 18.4. The van der Waals surface area contributed by atoms with Crippen LogP contribution in [0.15, 0.2) is 46.9 Å². The molecule has 1 atom stereocenters. The molecule has 2 aromatic carbocycles. The van der Waals surface area contributed by atoms with Gasteiger partial charge in [-0.1, -0.05) is 18.2 Å². The maximum absolute atomic E-state index is 12.8. The Hall–Kier alpha value is -3.08. The normalized spacial score (nSPS) is 12.6. The average molecular weight is 347 g/mol. The van der Waals surface area contributed by atoms with Crippen LogP contribution in [-0.4, -0.2) is 15.7 Å². The van der Waals surface area contributed by atoms with Crippen molar-refractivity contribution in [1.82, 2.24) is 9.78 Å². The molecule has 2 heterocycles. The first-order chi connectivity index (χ1) is 12.5. The first-order valence-electron chi connectivity index (χ1n) is 8.68. The lowest BCUT2D eigenvalue weighted by molar-refractivity contribution is -0.117. The largest absolute Gasteiger partial charge is 0.456 e. The summed E-state index contributed by atoms with van der Waals surface area (Å²) >= 11 is 0. The summed E-state index contributed by atoms with van der Waals surface area (Å²) < 4.78 is 7.71. The van der Waals surface area contributed by atoms with Gasteiger partial charge in [-0.05, 0) is 39.0 Å². The van der Waals surface area contributed by atoms with Gasteiger partial charge in [-0.15, -0.1) is 0 Å². The molecule has 0 aliphatic heterocycles. The number of benzene rings is 2. The second-order valence-corrected chi connectivity index (χ2v) is 6.73. The molecule has 0 saturated heterocycles. The van der Waals surface area contributed by atoms with Crippen LogP contribution in [0.25, 0.3) is 21.9 Å². The van der Waals surface area contributed by atoms with Crippen molar-refractivity contribution in [1.29, 1.82) is 0 Å². The van der Waals surface area contributed by atoms with Crippen LogP contribution in [0, 0.1) is 13.8 Å². The van der Waals surface area contributed by atoms with E-state index in [1.807, 2.05) is 75.0 Å². The number of anilines is 1. The number of aryl methyl sites for hydroxylation is 2. The summed E-state index contributed by atoms with van der Waals surface area (Å²) in [6.45, 7) is 5.83. The van der Waals surface area contributed by atoms with Crippen molar-refractivity contribution in [2.75, 3.05) is 5.32 Å². The highest BCUT2D eigenvalue weighted by Gasteiger charge is 2.22. The molecule has 0 radical (unpaired) electrons. The van der Waals surface area contributed by atoms with E-state index in [1.165, 1.54) is 0 Å². The van der Waals surface area contributed by atoms with Crippen LogP contribution in [0.4, 0.5) is 5.69 Å². The first-order valence-corrected chi connectivity index (χ1v) is 8.68. The number of carbonyl (C=O) groups is 1. The lowest BCUT2D eigenvalue weighted by Gasteiger charge is -2.13. The number of nitrogens with zero attached hydrogens (tertiary/aromatic N) is 2. The Balaban J connectivity index is 1.64. The number of para-hydroxylation sites is 1. The van der Waals surface area contributed by atoms with E-state index in [2.05, 4.69) is 10.4 Å². The van der Waals surface area contributed by atoms with Gasteiger partial charge < -0.3 is 9.73 Å². The summed E-state index contributed by atoms with van der Waals surface area (Å²) in [5, 5.41) is 9.54. The van der Waals surface area contributed by atoms with E-state index in [0.29, 0.717) is 0 Å². The molecular formula is C21H21N3O2. The third-order valence-electron chi connectivity index (χ3n) is 5.04. The molecule has 1 amide bonds. The maximum Gasteiger partial charge on any atom is 0.231 e. The zero-order valence-electron chi connectivity index (χ0n) is 15.3. The van der Waals surface area contributed by atoms with Crippen LogP contribution in [0.1, 0.15) is 29.8 Å². The third-order valence-corrected chi connectivity index (χ3v) is 5.04. The lowest BCUT2D eigenvalue weighted by atomic mass is 9.98. The van der Waals surface area contributed by atoms with Gasteiger partial charge >= 0.3 is 0 Å². The smallest absolute Gasteiger partial charge is 0.231 e. The highest BCUT2D eigenvalue weighted by Crippen LogP contribution is 2.31. The van der Waals surface area contributed by atoms with Gasteiger partial charge in [-0.2, -0.15) is 5.10 Å². The van der Waals surface area contributed by atoms with Crippen molar-refractivity contribution in [2.24, 2.45) is 7.05 Å². The zero-order valence-corrected chi connectivity index (χ0v) is 15.3. The van der Waals surface area contributed by atoms with Crippen LogP contribution in [-0.2, 0) is 11.8 Å². The number of amides is 1. The molecule has 1 N–H and O–H groups in total. The van der Waals surface area contributed by atoms with Crippen LogP contribution in [0.5, 0.6) is 0 Å². The van der Waals surface area contributed by atoms with E-state index in [9.17, 15) is 4.79 Å². The fourth-order valence-corrected chi connectivity index (χ4v) is 3.60. The van der Waals surface area contributed by atoms with Gasteiger partial charge in [0.2, 0.25) is 5.91 Å². The molecule has 0 unspecified atom stereocenters. The summed E-state index contributed by atoms with van der Waals surface area (Å²) in [5.41, 5.74) is 5.23. The number of carbonyl (C=O) groups excluding carboxylic acids is 1. The molecule has 26 heavy (non-hydrogen) atoms. The van der Waals surface area contributed by atoms with E-state index < -0.39 is 0 Å². The predicted molar refractivity (Wildman–Crippen MR) is 103 cm³/mol. The quantitative estimate of drug-likeness (QED) is 0.585. The number of fused-ring (bicyclic) bond motifs is 3. The molecule has 5 nitrogen and oxygen atoms in total. The first kappa shape index (κ1) is 16.4. The average Bonchev–Trinajstić information content (AvgIpc) is 3.10. The lowest BCUT2D eigenvalue weighted by Crippen LogP contribution is -2.19. The molecule has 2 aromatic heterocycles. The van der Waals surface area contributed by atoms with E-state index in [4.69, 9.17) is 4.42 Å². The molecule has 132 valence electrons. The molecule has 4 rings (SSSR count). The van der Waals surface area contributed by atoms with Gasteiger partial charge in [0, 0.05) is 40.8 Å². The highest BCUT2D eigenvalue weighted by molar-refractivity contribution is 6.06. The highest BCUT2D eigenvalue weighted by atomic mass is 16.3. The Labute approximate surface area is 151 Å². The number of furan rings is 1. The molecular weight excluding hydrogens is 326 g/mol.